The third kappa shape index (κ3) is 3.48. The van der Waals surface area contributed by atoms with Crippen molar-refractivity contribution in [3.8, 4) is 17.1 Å². The predicted molar refractivity (Wildman–Crippen MR) is 113 cm³/mol. The van der Waals surface area contributed by atoms with Crippen LogP contribution in [0.3, 0.4) is 0 Å². The number of halogens is 2. The van der Waals surface area contributed by atoms with Gasteiger partial charge in [0.2, 0.25) is 5.82 Å². The van der Waals surface area contributed by atoms with Crippen molar-refractivity contribution in [1.82, 2.24) is 14.8 Å². The third-order valence-electron chi connectivity index (χ3n) is 5.28. The van der Waals surface area contributed by atoms with Gasteiger partial charge in [0.05, 0.1) is 11.4 Å². The van der Waals surface area contributed by atoms with Gasteiger partial charge in [-0.1, -0.05) is 48.5 Å². The number of aromatic nitrogens is 3. The number of carbonyl (C=O) groups excluding carboxylic acids is 1. The van der Waals surface area contributed by atoms with Gasteiger partial charge >= 0.3 is 0 Å². The average Bonchev–Trinajstić information content (AvgIpc) is 3.25. The maximum absolute atomic E-state index is 14.6. The quantitative estimate of drug-likeness (QED) is 0.482. The Hall–Kier alpha value is -3.87. The van der Waals surface area contributed by atoms with E-state index in [1.165, 1.54) is 11.0 Å². The van der Waals surface area contributed by atoms with E-state index >= 15 is 0 Å². The molecular formula is C24H18F2N4O. The maximum atomic E-state index is 14.6. The molecule has 0 aliphatic carbocycles. The van der Waals surface area contributed by atoms with E-state index in [1.807, 2.05) is 60.7 Å². The minimum atomic E-state index is -0.756. The van der Waals surface area contributed by atoms with Gasteiger partial charge in [-0.2, -0.15) is 0 Å². The maximum Gasteiger partial charge on any atom is 0.298 e. The smallest absolute Gasteiger partial charge is 0.298 e. The summed E-state index contributed by atoms with van der Waals surface area (Å²) in [5.41, 5.74) is 2.13. The van der Waals surface area contributed by atoms with Gasteiger partial charge in [-0.05, 0) is 36.6 Å². The average molecular weight is 416 g/mol. The first-order chi connectivity index (χ1) is 15.1. The number of nitrogens with zero attached hydrogens (tertiary/aromatic N) is 4. The second kappa shape index (κ2) is 7.75. The van der Waals surface area contributed by atoms with Crippen LogP contribution >= 0.6 is 0 Å². The highest BCUT2D eigenvalue weighted by Gasteiger charge is 2.30. The Morgan fingerprint density at radius 2 is 1.65 bits per heavy atom. The van der Waals surface area contributed by atoms with E-state index < -0.39 is 17.5 Å². The molecule has 3 aromatic carbocycles. The number of anilines is 1. The number of aryl methyl sites for hydroxylation is 1. The van der Waals surface area contributed by atoms with Gasteiger partial charge in [0, 0.05) is 18.2 Å². The molecule has 2 heterocycles. The summed E-state index contributed by atoms with van der Waals surface area (Å²) in [4.78, 5) is 19.2. The molecule has 0 saturated carbocycles. The molecule has 0 radical (unpaired) electrons. The van der Waals surface area contributed by atoms with E-state index in [9.17, 15) is 13.6 Å². The minimum Gasteiger partial charge on any atom is -0.302 e. The summed E-state index contributed by atoms with van der Waals surface area (Å²) < 4.78 is 29.9. The molecular weight excluding hydrogens is 398 g/mol. The Bertz CT molecular complexity index is 1200. The van der Waals surface area contributed by atoms with Crippen molar-refractivity contribution in [2.24, 2.45) is 0 Å². The Morgan fingerprint density at radius 3 is 2.39 bits per heavy atom. The van der Waals surface area contributed by atoms with Crippen molar-refractivity contribution < 1.29 is 13.6 Å². The number of carbonyl (C=O) groups is 1. The van der Waals surface area contributed by atoms with Crippen LogP contribution in [0.5, 0.6) is 0 Å². The number of fused-ring (bicyclic) bond motifs is 1. The Kier molecular flexibility index (Phi) is 4.78. The molecule has 0 atom stereocenters. The monoisotopic (exact) mass is 416 g/mol. The standard InChI is InChI=1S/C24H18F2N4O/c25-18-14-17-10-7-13-29(21(17)20(26)15-18)24(31)22-27-23(16-8-3-1-4-9-16)30(28-22)19-11-5-2-6-12-19/h1-6,8-9,11-12,14-15H,7,10,13H2. The molecule has 0 spiro atoms. The first kappa shape index (κ1) is 19.1. The largest absolute Gasteiger partial charge is 0.302 e. The first-order valence-electron chi connectivity index (χ1n) is 9.99. The SMILES string of the molecule is O=C(c1nc(-c2ccccc2)n(-c2ccccc2)n1)N1CCCc2cc(F)cc(F)c21. The lowest BCUT2D eigenvalue weighted by atomic mass is 10.0. The van der Waals surface area contributed by atoms with Gasteiger partial charge in [0.1, 0.15) is 11.6 Å². The minimum absolute atomic E-state index is 0.0423. The molecule has 0 N–H and O–H groups in total. The second-order valence-electron chi connectivity index (χ2n) is 7.33. The fourth-order valence-corrected chi connectivity index (χ4v) is 3.90. The van der Waals surface area contributed by atoms with Gasteiger partial charge in [-0.15, -0.1) is 5.10 Å². The third-order valence-corrected chi connectivity index (χ3v) is 5.28. The lowest BCUT2D eigenvalue weighted by molar-refractivity contribution is 0.0974. The van der Waals surface area contributed by atoms with Crippen molar-refractivity contribution >= 4 is 11.6 Å². The lowest BCUT2D eigenvalue weighted by Gasteiger charge is -2.29. The summed E-state index contributed by atoms with van der Waals surface area (Å²) in [6.45, 7) is 0.314. The molecule has 5 rings (SSSR count). The van der Waals surface area contributed by atoms with Crippen LogP contribution in [-0.4, -0.2) is 27.2 Å². The van der Waals surface area contributed by atoms with Crippen LogP contribution in [0.4, 0.5) is 14.5 Å². The van der Waals surface area contributed by atoms with Crippen molar-refractivity contribution in [3.63, 3.8) is 0 Å². The number of rotatable bonds is 3. The van der Waals surface area contributed by atoms with E-state index in [2.05, 4.69) is 10.1 Å². The summed E-state index contributed by atoms with van der Waals surface area (Å²) in [7, 11) is 0. The van der Waals surface area contributed by atoms with Crippen LogP contribution in [-0.2, 0) is 6.42 Å². The number of hydrogen-bond donors (Lipinski definition) is 0. The van der Waals surface area contributed by atoms with Crippen molar-refractivity contribution in [2.75, 3.05) is 11.4 Å². The molecule has 154 valence electrons. The van der Waals surface area contributed by atoms with E-state index in [0.29, 0.717) is 30.8 Å². The molecule has 1 aromatic heterocycles. The zero-order chi connectivity index (χ0) is 21.4. The van der Waals surface area contributed by atoms with Gasteiger partial charge in [-0.25, -0.2) is 18.4 Å². The summed E-state index contributed by atoms with van der Waals surface area (Å²) in [6, 6.07) is 20.9. The van der Waals surface area contributed by atoms with Gasteiger partial charge < -0.3 is 4.90 Å². The fraction of sp³-hybridized carbons (Fsp3) is 0.125. The van der Waals surface area contributed by atoms with Crippen LogP contribution in [0.25, 0.3) is 17.1 Å². The molecule has 4 aromatic rings. The van der Waals surface area contributed by atoms with Gasteiger partial charge in [0.15, 0.2) is 5.82 Å². The van der Waals surface area contributed by atoms with Crippen LogP contribution in [0, 0.1) is 11.6 Å². The van der Waals surface area contributed by atoms with Gasteiger partial charge in [-0.3, -0.25) is 4.79 Å². The van der Waals surface area contributed by atoms with Crippen molar-refractivity contribution in [2.45, 2.75) is 12.8 Å². The molecule has 7 heteroatoms. The first-order valence-corrected chi connectivity index (χ1v) is 9.99. The normalized spacial score (nSPS) is 13.2. The van der Waals surface area contributed by atoms with Crippen LogP contribution < -0.4 is 4.90 Å². The summed E-state index contributed by atoms with van der Waals surface area (Å²) in [5, 5.41) is 4.47. The van der Waals surface area contributed by atoms with Crippen LogP contribution in [0.2, 0.25) is 0 Å². The molecule has 0 fully saturated rings. The van der Waals surface area contributed by atoms with E-state index in [-0.39, 0.29) is 11.5 Å². The molecule has 0 unspecified atom stereocenters. The molecule has 1 amide bonds. The van der Waals surface area contributed by atoms with Gasteiger partial charge in [0.25, 0.3) is 5.91 Å². The Morgan fingerprint density at radius 1 is 0.935 bits per heavy atom. The molecule has 0 bridgehead atoms. The predicted octanol–water partition coefficient (Wildman–Crippen LogP) is 4.81. The highest BCUT2D eigenvalue weighted by atomic mass is 19.1. The molecule has 1 aliphatic rings. The van der Waals surface area contributed by atoms with Crippen LogP contribution in [0.1, 0.15) is 22.6 Å². The topological polar surface area (TPSA) is 51.0 Å². The zero-order valence-corrected chi connectivity index (χ0v) is 16.5. The van der Waals surface area contributed by atoms with E-state index in [4.69, 9.17) is 0 Å². The molecule has 31 heavy (non-hydrogen) atoms. The fourth-order valence-electron chi connectivity index (χ4n) is 3.90. The number of hydrogen-bond acceptors (Lipinski definition) is 3. The van der Waals surface area contributed by atoms with Crippen molar-refractivity contribution in [3.05, 3.63) is 95.8 Å². The second-order valence-corrected chi connectivity index (χ2v) is 7.33. The number of para-hydroxylation sites is 1. The highest BCUT2D eigenvalue weighted by molar-refractivity contribution is 6.04. The number of benzene rings is 3. The number of amides is 1. The van der Waals surface area contributed by atoms with Crippen LogP contribution in [0.15, 0.2) is 72.8 Å². The molecule has 5 nitrogen and oxygen atoms in total. The summed E-state index contributed by atoms with van der Waals surface area (Å²) in [6.07, 6.45) is 1.11. The summed E-state index contributed by atoms with van der Waals surface area (Å²) >= 11 is 0. The zero-order valence-electron chi connectivity index (χ0n) is 16.5. The van der Waals surface area contributed by atoms with E-state index in [0.717, 1.165) is 17.3 Å². The Balaban J connectivity index is 1.61. The van der Waals surface area contributed by atoms with E-state index in [1.54, 1.807) is 4.68 Å². The lowest BCUT2D eigenvalue weighted by Crippen LogP contribution is -2.37. The summed E-state index contributed by atoms with van der Waals surface area (Å²) in [5.74, 6) is -1.46. The van der Waals surface area contributed by atoms with Crippen molar-refractivity contribution in [1.29, 1.82) is 0 Å². The highest BCUT2D eigenvalue weighted by Crippen LogP contribution is 2.32. The molecule has 1 aliphatic heterocycles. The Labute approximate surface area is 177 Å². The molecule has 0 saturated heterocycles.